The molecular weight excluding hydrogens is 342 g/mol. The second kappa shape index (κ2) is 10.1. The van der Waals surface area contributed by atoms with E-state index in [0.717, 1.165) is 12.0 Å². The zero-order valence-electron chi connectivity index (χ0n) is 13.9. The maximum atomic E-state index is 12.2. The van der Waals surface area contributed by atoms with Gasteiger partial charge in [-0.1, -0.05) is 29.7 Å². The smallest absolute Gasteiger partial charge is 0.286 e. The van der Waals surface area contributed by atoms with Crippen LogP contribution in [0.25, 0.3) is 0 Å². The zero-order chi connectivity index (χ0) is 18.1. The fourth-order valence-electron chi connectivity index (χ4n) is 2.51. The molecule has 134 valence electrons. The lowest BCUT2D eigenvalue weighted by Gasteiger charge is -2.29. The number of carbonyl (C=O) groups excluding carboxylic acids is 1. The van der Waals surface area contributed by atoms with Crippen LogP contribution in [0.2, 0.25) is 5.02 Å². The Labute approximate surface area is 153 Å². The zero-order valence-corrected chi connectivity index (χ0v) is 14.7. The van der Waals surface area contributed by atoms with Crippen molar-refractivity contribution >= 4 is 17.5 Å². The summed E-state index contributed by atoms with van der Waals surface area (Å²) < 4.78 is 11.4. The molecule has 0 radical (unpaired) electrons. The van der Waals surface area contributed by atoms with E-state index in [-0.39, 0.29) is 30.7 Å². The van der Waals surface area contributed by atoms with Crippen molar-refractivity contribution in [1.82, 2.24) is 5.32 Å². The molecule has 1 aliphatic heterocycles. The number of terminal acetylenes is 1. The van der Waals surface area contributed by atoms with Crippen LogP contribution < -0.4 is 5.32 Å². The molecule has 0 saturated heterocycles. The van der Waals surface area contributed by atoms with Crippen LogP contribution in [-0.2, 0) is 14.3 Å². The molecule has 0 bridgehead atoms. The average molecular weight is 364 g/mol. The molecule has 5 nitrogen and oxygen atoms in total. The van der Waals surface area contributed by atoms with Gasteiger partial charge in [-0.15, -0.1) is 6.42 Å². The number of hydrogen-bond acceptors (Lipinski definition) is 4. The topological polar surface area (TPSA) is 67.8 Å². The number of hydrogen-bond donors (Lipinski definition) is 2. The third-order valence-electron chi connectivity index (χ3n) is 3.79. The Morgan fingerprint density at radius 3 is 2.84 bits per heavy atom. The molecule has 1 heterocycles. The summed E-state index contributed by atoms with van der Waals surface area (Å²) in [5.41, 5.74) is 1.03. The molecule has 0 spiro atoms. The fraction of sp³-hybridized carbons (Fsp3) is 0.421. The van der Waals surface area contributed by atoms with Crippen LogP contribution in [-0.4, -0.2) is 37.1 Å². The Balaban J connectivity index is 2.10. The molecule has 0 fully saturated rings. The van der Waals surface area contributed by atoms with Gasteiger partial charge in [0.2, 0.25) is 6.29 Å². The summed E-state index contributed by atoms with van der Waals surface area (Å²) in [5.74, 6) is 2.18. The van der Waals surface area contributed by atoms with Gasteiger partial charge < -0.3 is 19.9 Å². The maximum absolute atomic E-state index is 12.2. The van der Waals surface area contributed by atoms with Crippen molar-refractivity contribution in [3.05, 3.63) is 46.7 Å². The summed E-state index contributed by atoms with van der Waals surface area (Å²) in [6.07, 6.45) is 8.41. The van der Waals surface area contributed by atoms with Gasteiger partial charge in [0, 0.05) is 24.0 Å². The second-order valence-electron chi connectivity index (χ2n) is 5.66. The minimum atomic E-state index is -0.532. The van der Waals surface area contributed by atoms with E-state index in [1.165, 1.54) is 0 Å². The Kier molecular flexibility index (Phi) is 7.80. The predicted octanol–water partition coefficient (Wildman–Crippen LogP) is 2.59. The SMILES string of the molecule is C#CCNC(=O)C1=C[C@@H](c2ccc(Cl)cc2)C[C@@H](OCCCCO)O1. The van der Waals surface area contributed by atoms with E-state index in [4.69, 9.17) is 32.6 Å². The van der Waals surface area contributed by atoms with Gasteiger partial charge in [-0.05, 0) is 36.6 Å². The number of carbonyl (C=O) groups is 1. The van der Waals surface area contributed by atoms with E-state index in [9.17, 15) is 4.79 Å². The number of amides is 1. The number of aliphatic hydroxyl groups excluding tert-OH is 1. The van der Waals surface area contributed by atoms with Gasteiger partial charge in [0.15, 0.2) is 5.76 Å². The minimum absolute atomic E-state index is 0.0274. The number of benzene rings is 1. The molecule has 0 aliphatic carbocycles. The Bertz CT molecular complexity index is 636. The van der Waals surface area contributed by atoms with Gasteiger partial charge >= 0.3 is 0 Å². The minimum Gasteiger partial charge on any atom is -0.459 e. The van der Waals surface area contributed by atoms with Crippen LogP contribution in [0.15, 0.2) is 36.1 Å². The summed E-state index contributed by atoms with van der Waals surface area (Å²) in [7, 11) is 0. The van der Waals surface area contributed by atoms with Crippen LogP contribution in [0, 0.1) is 12.3 Å². The summed E-state index contributed by atoms with van der Waals surface area (Å²) in [4.78, 5) is 12.2. The molecule has 1 amide bonds. The molecular formula is C19H22ClNO4. The van der Waals surface area contributed by atoms with Crippen LogP contribution in [0.3, 0.4) is 0 Å². The van der Waals surface area contributed by atoms with Crippen LogP contribution >= 0.6 is 11.6 Å². The van der Waals surface area contributed by atoms with E-state index in [2.05, 4.69) is 11.2 Å². The van der Waals surface area contributed by atoms with E-state index in [1.807, 2.05) is 24.3 Å². The first-order valence-electron chi connectivity index (χ1n) is 8.22. The largest absolute Gasteiger partial charge is 0.459 e. The average Bonchev–Trinajstić information content (AvgIpc) is 2.63. The highest BCUT2D eigenvalue weighted by molar-refractivity contribution is 6.30. The number of aliphatic hydroxyl groups is 1. The predicted molar refractivity (Wildman–Crippen MR) is 95.9 cm³/mol. The first-order chi connectivity index (χ1) is 12.1. The Hall–Kier alpha value is -2.00. The second-order valence-corrected chi connectivity index (χ2v) is 6.10. The number of halogens is 1. The van der Waals surface area contributed by atoms with E-state index in [0.29, 0.717) is 24.5 Å². The molecule has 0 saturated carbocycles. The summed E-state index contributed by atoms with van der Waals surface area (Å²) in [6, 6.07) is 7.48. The number of nitrogens with one attached hydrogen (secondary N) is 1. The number of allylic oxidation sites excluding steroid dienone is 1. The van der Waals surface area contributed by atoms with Crippen LogP contribution in [0.1, 0.15) is 30.7 Å². The molecule has 0 aromatic heterocycles. The molecule has 6 heteroatoms. The molecule has 2 N–H and O–H groups in total. The molecule has 0 unspecified atom stereocenters. The van der Waals surface area contributed by atoms with Crippen molar-refractivity contribution < 1.29 is 19.4 Å². The van der Waals surface area contributed by atoms with Gasteiger partial charge in [-0.3, -0.25) is 4.79 Å². The van der Waals surface area contributed by atoms with Crippen LogP contribution in [0.4, 0.5) is 0 Å². The Morgan fingerprint density at radius 1 is 1.40 bits per heavy atom. The summed E-state index contributed by atoms with van der Waals surface area (Å²) in [6.45, 7) is 0.715. The highest BCUT2D eigenvalue weighted by Crippen LogP contribution is 2.32. The van der Waals surface area contributed by atoms with Crippen LogP contribution in [0.5, 0.6) is 0 Å². The normalized spacial score (nSPS) is 19.5. The number of rotatable bonds is 8. The molecule has 1 aromatic rings. The van der Waals surface area contributed by atoms with Crippen molar-refractivity contribution in [1.29, 1.82) is 0 Å². The van der Waals surface area contributed by atoms with E-state index in [1.54, 1.807) is 6.08 Å². The van der Waals surface area contributed by atoms with E-state index >= 15 is 0 Å². The monoisotopic (exact) mass is 363 g/mol. The van der Waals surface area contributed by atoms with E-state index < -0.39 is 6.29 Å². The standard InChI is InChI=1S/C19H22ClNO4/c1-2-9-21-19(23)17-12-15(14-5-7-16(20)8-6-14)13-18(25-17)24-11-4-3-10-22/h1,5-8,12,15,18,22H,3-4,9-11,13H2,(H,21,23)/t15-,18+/m1/s1. The molecule has 2 rings (SSSR count). The molecule has 2 atom stereocenters. The number of unbranched alkanes of at least 4 members (excludes halogenated alkanes) is 1. The van der Waals surface area contributed by atoms with Gasteiger partial charge in [-0.25, -0.2) is 0 Å². The van der Waals surface area contributed by atoms with Crippen molar-refractivity contribution in [3.63, 3.8) is 0 Å². The molecule has 1 aromatic carbocycles. The van der Waals surface area contributed by atoms with Crippen molar-refractivity contribution in [3.8, 4) is 12.3 Å². The summed E-state index contributed by atoms with van der Waals surface area (Å²) >= 11 is 5.95. The Morgan fingerprint density at radius 2 is 2.16 bits per heavy atom. The van der Waals surface area contributed by atoms with Gasteiger partial charge in [0.25, 0.3) is 5.91 Å². The molecule has 25 heavy (non-hydrogen) atoms. The maximum Gasteiger partial charge on any atom is 0.286 e. The summed E-state index contributed by atoms with van der Waals surface area (Å²) in [5, 5.41) is 12.1. The highest BCUT2D eigenvalue weighted by Gasteiger charge is 2.28. The lowest BCUT2D eigenvalue weighted by atomic mass is 9.93. The highest BCUT2D eigenvalue weighted by atomic mass is 35.5. The van der Waals surface area contributed by atoms with Gasteiger partial charge in [0.1, 0.15) is 0 Å². The number of ether oxygens (including phenoxy) is 2. The fourth-order valence-corrected chi connectivity index (χ4v) is 2.63. The first-order valence-corrected chi connectivity index (χ1v) is 8.60. The quantitative estimate of drug-likeness (QED) is 0.550. The lowest BCUT2D eigenvalue weighted by molar-refractivity contribution is -0.146. The third kappa shape index (κ3) is 6.09. The molecule has 1 aliphatic rings. The van der Waals surface area contributed by atoms with Crippen molar-refractivity contribution in [2.24, 2.45) is 0 Å². The lowest BCUT2D eigenvalue weighted by Crippen LogP contribution is -2.33. The van der Waals surface area contributed by atoms with Crippen molar-refractivity contribution in [2.45, 2.75) is 31.5 Å². The third-order valence-corrected chi connectivity index (χ3v) is 4.04. The van der Waals surface area contributed by atoms with Crippen molar-refractivity contribution in [2.75, 3.05) is 19.8 Å². The van der Waals surface area contributed by atoms with Gasteiger partial charge in [0.05, 0.1) is 13.2 Å². The first kappa shape index (κ1) is 19.3. The van der Waals surface area contributed by atoms with Gasteiger partial charge in [-0.2, -0.15) is 0 Å².